The first-order chi connectivity index (χ1) is 16.1. The molecule has 3 heterocycles. The van der Waals surface area contributed by atoms with Gasteiger partial charge in [0.15, 0.2) is 11.5 Å². The number of fused-ring (bicyclic) bond motifs is 1. The normalized spacial score (nSPS) is 21.7. The third-order valence-corrected chi connectivity index (χ3v) is 6.47. The largest absolute Gasteiger partial charge is 0.507 e. The van der Waals surface area contributed by atoms with Crippen LogP contribution in [0.3, 0.4) is 0 Å². The van der Waals surface area contributed by atoms with E-state index in [4.69, 9.17) is 14.2 Å². The molecular weight excluding hydrogens is 424 g/mol. The number of rotatable bonds is 6. The Morgan fingerprint density at radius 1 is 1.03 bits per heavy atom. The van der Waals surface area contributed by atoms with Gasteiger partial charge < -0.3 is 29.1 Å². The summed E-state index contributed by atoms with van der Waals surface area (Å²) in [5.74, 6) is 0.219. The molecule has 3 aliphatic heterocycles. The van der Waals surface area contributed by atoms with E-state index in [0.717, 1.165) is 31.5 Å². The molecule has 0 aromatic heterocycles. The van der Waals surface area contributed by atoms with Crippen LogP contribution in [0.1, 0.15) is 30.0 Å². The van der Waals surface area contributed by atoms with E-state index in [0.29, 0.717) is 35.9 Å². The molecule has 0 radical (unpaired) electrons. The first-order valence-electron chi connectivity index (χ1n) is 11.1. The van der Waals surface area contributed by atoms with Gasteiger partial charge in [-0.15, -0.1) is 0 Å². The summed E-state index contributed by atoms with van der Waals surface area (Å²) < 4.78 is 16.0. The minimum absolute atomic E-state index is 0.0745. The number of carbonyl (C=O) groups excluding carboxylic acids is 2. The lowest BCUT2D eigenvalue weighted by Crippen LogP contribution is -2.37. The zero-order valence-electron chi connectivity index (χ0n) is 18.5. The molecule has 1 amide bonds. The molecule has 0 saturated carbocycles. The van der Waals surface area contributed by atoms with Gasteiger partial charge in [0.2, 0.25) is 6.79 Å². The summed E-state index contributed by atoms with van der Waals surface area (Å²) in [6.45, 7) is 3.18. The molecule has 8 nitrogen and oxygen atoms in total. The minimum Gasteiger partial charge on any atom is -0.507 e. The van der Waals surface area contributed by atoms with E-state index in [9.17, 15) is 14.7 Å². The number of aliphatic hydroxyl groups is 1. The number of aliphatic hydroxyl groups excluding tert-OH is 1. The smallest absolute Gasteiger partial charge is 0.295 e. The van der Waals surface area contributed by atoms with Gasteiger partial charge in [0.05, 0.1) is 18.7 Å². The number of likely N-dealkylation sites (tertiary alicyclic amines) is 2. The fourth-order valence-electron chi connectivity index (χ4n) is 4.70. The van der Waals surface area contributed by atoms with Gasteiger partial charge in [-0.3, -0.25) is 9.59 Å². The Balaban J connectivity index is 1.55. The van der Waals surface area contributed by atoms with Crippen molar-refractivity contribution in [1.82, 2.24) is 9.80 Å². The lowest BCUT2D eigenvalue weighted by molar-refractivity contribution is -0.140. The van der Waals surface area contributed by atoms with Crippen LogP contribution >= 0.6 is 0 Å². The van der Waals surface area contributed by atoms with Gasteiger partial charge in [0.25, 0.3) is 11.7 Å². The second-order valence-electron chi connectivity index (χ2n) is 8.38. The van der Waals surface area contributed by atoms with Gasteiger partial charge in [0, 0.05) is 18.7 Å². The van der Waals surface area contributed by atoms with Crippen LogP contribution in [0.2, 0.25) is 0 Å². The Labute approximate surface area is 192 Å². The molecule has 5 rings (SSSR count). The lowest BCUT2D eigenvalue weighted by Gasteiger charge is -2.27. The SMILES string of the molecule is COc1ccc(C2/C(=C(\O)c3ccc4c(c3)OCO4)C(=O)C(=O)N2CCN2CCCC2)cc1. The topological polar surface area (TPSA) is 88.5 Å². The Kier molecular flexibility index (Phi) is 5.68. The van der Waals surface area contributed by atoms with Crippen LogP contribution in [0.4, 0.5) is 0 Å². The van der Waals surface area contributed by atoms with Crippen molar-refractivity contribution in [2.75, 3.05) is 40.1 Å². The highest BCUT2D eigenvalue weighted by molar-refractivity contribution is 6.46. The number of carbonyl (C=O) groups is 2. The van der Waals surface area contributed by atoms with Crippen molar-refractivity contribution in [3.63, 3.8) is 0 Å². The zero-order chi connectivity index (χ0) is 22.9. The van der Waals surface area contributed by atoms with Crippen LogP contribution in [0, 0.1) is 0 Å². The highest BCUT2D eigenvalue weighted by atomic mass is 16.7. The zero-order valence-corrected chi connectivity index (χ0v) is 18.5. The molecule has 0 aliphatic carbocycles. The van der Waals surface area contributed by atoms with Gasteiger partial charge in [-0.25, -0.2) is 0 Å². The maximum absolute atomic E-state index is 13.2. The molecule has 3 aliphatic rings. The Bertz CT molecular complexity index is 1100. The van der Waals surface area contributed by atoms with Crippen LogP contribution in [0.15, 0.2) is 48.0 Å². The summed E-state index contributed by atoms with van der Waals surface area (Å²) >= 11 is 0. The number of methoxy groups -OCH3 is 1. The third-order valence-electron chi connectivity index (χ3n) is 6.47. The number of benzene rings is 2. The third kappa shape index (κ3) is 3.91. The highest BCUT2D eigenvalue weighted by Gasteiger charge is 2.46. The molecule has 2 aromatic carbocycles. The predicted molar refractivity (Wildman–Crippen MR) is 120 cm³/mol. The Hall–Kier alpha value is -3.52. The number of ether oxygens (including phenoxy) is 3. The van der Waals surface area contributed by atoms with Crippen LogP contribution in [0.5, 0.6) is 17.2 Å². The van der Waals surface area contributed by atoms with Crippen molar-refractivity contribution < 1.29 is 28.9 Å². The molecular formula is C25H26N2O6. The summed E-state index contributed by atoms with van der Waals surface area (Å²) in [5.41, 5.74) is 1.21. The van der Waals surface area contributed by atoms with Crippen LogP contribution in [0.25, 0.3) is 5.76 Å². The lowest BCUT2D eigenvalue weighted by atomic mass is 9.95. The standard InChI is InChI=1S/C25H26N2O6/c1-31-18-7-4-16(5-8-18)22-21(23(28)17-6-9-19-20(14-17)33-15-32-19)24(29)25(30)27(22)13-12-26-10-2-3-11-26/h4-9,14,22,28H,2-3,10-13,15H2,1H3/b23-21+. The van der Waals surface area contributed by atoms with Crippen molar-refractivity contribution in [2.45, 2.75) is 18.9 Å². The van der Waals surface area contributed by atoms with E-state index >= 15 is 0 Å². The molecule has 2 saturated heterocycles. The van der Waals surface area contributed by atoms with Gasteiger partial charge in [0.1, 0.15) is 11.5 Å². The van der Waals surface area contributed by atoms with Gasteiger partial charge >= 0.3 is 0 Å². The van der Waals surface area contributed by atoms with Crippen LogP contribution < -0.4 is 14.2 Å². The van der Waals surface area contributed by atoms with Crippen LogP contribution in [-0.4, -0.2) is 66.7 Å². The number of Topliss-reactive ketones (excluding diaryl/α,β-unsaturated/α-hetero) is 1. The van der Waals surface area contributed by atoms with Crippen molar-refractivity contribution in [1.29, 1.82) is 0 Å². The van der Waals surface area contributed by atoms with Crippen molar-refractivity contribution in [3.05, 3.63) is 59.2 Å². The van der Waals surface area contributed by atoms with E-state index in [1.165, 1.54) is 0 Å². The molecule has 33 heavy (non-hydrogen) atoms. The summed E-state index contributed by atoms with van der Waals surface area (Å²) in [7, 11) is 1.58. The molecule has 0 bridgehead atoms. The molecule has 1 unspecified atom stereocenters. The average molecular weight is 450 g/mol. The number of ketones is 1. The maximum atomic E-state index is 13.2. The molecule has 1 N–H and O–H groups in total. The predicted octanol–water partition coefficient (Wildman–Crippen LogP) is 2.94. The molecule has 1 atom stereocenters. The monoisotopic (exact) mass is 450 g/mol. The quantitative estimate of drug-likeness (QED) is 0.411. The van der Waals surface area contributed by atoms with Crippen LogP contribution in [-0.2, 0) is 9.59 Å². The first-order valence-corrected chi connectivity index (χ1v) is 11.1. The average Bonchev–Trinajstić information content (AvgIpc) is 3.58. The van der Waals surface area contributed by atoms with E-state index in [1.807, 2.05) is 12.1 Å². The maximum Gasteiger partial charge on any atom is 0.295 e. The van der Waals surface area contributed by atoms with Gasteiger partial charge in [-0.1, -0.05) is 12.1 Å². The summed E-state index contributed by atoms with van der Waals surface area (Å²) in [4.78, 5) is 30.1. The van der Waals surface area contributed by atoms with E-state index < -0.39 is 17.7 Å². The summed E-state index contributed by atoms with van der Waals surface area (Å²) in [5, 5.41) is 11.2. The van der Waals surface area contributed by atoms with Crippen molar-refractivity contribution in [2.24, 2.45) is 0 Å². The van der Waals surface area contributed by atoms with Gasteiger partial charge in [-0.2, -0.15) is 0 Å². The fraction of sp³-hybridized carbons (Fsp3) is 0.360. The number of nitrogens with zero attached hydrogens (tertiary/aromatic N) is 2. The Morgan fingerprint density at radius 3 is 2.48 bits per heavy atom. The second kappa shape index (κ2) is 8.78. The van der Waals surface area contributed by atoms with Gasteiger partial charge in [-0.05, 0) is 61.8 Å². The fourth-order valence-corrected chi connectivity index (χ4v) is 4.70. The highest BCUT2D eigenvalue weighted by Crippen LogP contribution is 2.41. The molecule has 8 heteroatoms. The number of amides is 1. The summed E-state index contributed by atoms with van der Waals surface area (Å²) in [6.07, 6.45) is 2.29. The van der Waals surface area contributed by atoms with E-state index in [-0.39, 0.29) is 18.1 Å². The summed E-state index contributed by atoms with van der Waals surface area (Å²) in [6, 6.07) is 11.5. The minimum atomic E-state index is -0.691. The number of hydrogen-bond acceptors (Lipinski definition) is 7. The molecule has 2 aromatic rings. The molecule has 172 valence electrons. The van der Waals surface area contributed by atoms with Crippen molar-refractivity contribution in [3.8, 4) is 17.2 Å². The van der Waals surface area contributed by atoms with E-state index in [2.05, 4.69) is 4.90 Å². The first kappa shape index (κ1) is 21.3. The Morgan fingerprint density at radius 2 is 1.76 bits per heavy atom. The number of hydrogen-bond donors (Lipinski definition) is 1. The molecule has 0 spiro atoms. The van der Waals surface area contributed by atoms with Crippen molar-refractivity contribution >= 4 is 17.4 Å². The molecule has 2 fully saturated rings. The van der Waals surface area contributed by atoms with E-state index in [1.54, 1.807) is 42.3 Å². The second-order valence-corrected chi connectivity index (χ2v) is 8.38.